The summed E-state index contributed by atoms with van der Waals surface area (Å²) in [5, 5.41) is 2.82. The monoisotopic (exact) mass is 247 g/mol. The lowest BCUT2D eigenvalue weighted by Crippen LogP contribution is -2.03. The summed E-state index contributed by atoms with van der Waals surface area (Å²) >= 11 is 1.52. The predicted molar refractivity (Wildman–Crippen MR) is 67.9 cm³/mol. The molecule has 1 aromatic heterocycles. The summed E-state index contributed by atoms with van der Waals surface area (Å²) in [6, 6.07) is 7.14. The van der Waals surface area contributed by atoms with Gasteiger partial charge in [-0.2, -0.15) is 0 Å². The first-order valence-corrected chi connectivity index (χ1v) is 6.15. The van der Waals surface area contributed by atoms with Gasteiger partial charge in [-0.15, -0.1) is 11.3 Å². The number of carbonyl (C=O) groups excluding carboxylic acids is 1. The highest BCUT2D eigenvalue weighted by Crippen LogP contribution is 2.15. The van der Waals surface area contributed by atoms with E-state index in [-0.39, 0.29) is 5.78 Å². The fraction of sp³-hybridized carbons (Fsp3) is 0.231. The molecule has 0 amide bonds. The minimum absolute atomic E-state index is 0.0852. The molecule has 2 aromatic rings. The highest BCUT2D eigenvalue weighted by molar-refractivity contribution is 7.09. The Morgan fingerprint density at radius 2 is 2.06 bits per heavy atom. The Balaban J connectivity index is 2.09. The standard InChI is InChI=1S/C13H13NO2S/c1-9-8-17-13(14-9)7-12(15)10-3-5-11(16-2)6-4-10/h3-6,8H,7H2,1-2H3. The average molecular weight is 247 g/mol. The summed E-state index contributed by atoms with van der Waals surface area (Å²) in [6.07, 6.45) is 0.366. The van der Waals surface area contributed by atoms with E-state index in [2.05, 4.69) is 4.98 Å². The van der Waals surface area contributed by atoms with E-state index in [1.165, 1.54) is 11.3 Å². The van der Waals surface area contributed by atoms with Gasteiger partial charge in [-0.3, -0.25) is 4.79 Å². The molecular formula is C13H13NO2S. The van der Waals surface area contributed by atoms with Crippen LogP contribution in [0.5, 0.6) is 5.75 Å². The zero-order chi connectivity index (χ0) is 12.3. The first-order chi connectivity index (χ1) is 8.19. The van der Waals surface area contributed by atoms with Crippen LogP contribution in [0.1, 0.15) is 21.1 Å². The van der Waals surface area contributed by atoms with Crippen LogP contribution in [-0.4, -0.2) is 17.9 Å². The Kier molecular flexibility index (Phi) is 3.54. The topological polar surface area (TPSA) is 39.2 Å². The third kappa shape index (κ3) is 2.91. The van der Waals surface area contributed by atoms with E-state index in [1.54, 1.807) is 31.4 Å². The van der Waals surface area contributed by atoms with Crippen LogP contribution < -0.4 is 4.74 Å². The second-order valence-corrected chi connectivity index (χ2v) is 4.65. The third-order valence-corrected chi connectivity index (χ3v) is 3.36. The number of thiazole rings is 1. The molecule has 3 nitrogen and oxygen atoms in total. The van der Waals surface area contributed by atoms with E-state index < -0.39 is 0 Å². The number of Topliss-reactive ketones (excluding diaryl/α,β-unsaturated/α-hetero) is 1. The minimum atomic E-state index is 0.0852. The molecule has 0 unspecified atom stereocenters. The van der Waals surface area contributed by atoms with Crippen molar-refractivity contribution in [3.8, 4) is 5.75 Å². The van der Waals surface area contributed by atoms with Crippen molar-refractivity contribution in [1.82, 2.24) is 4.98 Å². The normalized spacial score (nSPS) is 10.2. The minimum Gasteiger partial charge on any atom is -0.497 e. The maximum Gasteiger partial charge on any atom is 0.169 e. The summed E-state index contributed by atoms with van der Waals surface area (Å²) in [4.78, 5) is 16.2. The molecule has 0 spiro atoms. The first-order valence-electron chi connectivity index (χ1n) is 5.27. The molecule has 0 saturated heterocycles. The molecular weight excluding hydrogens is 234 g/mol. The first kappa shape index (κ1) is 11.8. The van der Waals surface area contributed by atoms with Gasteiger partial charge in [0.15, 0.2) is 5.78 Å². The molecule has 0 atom stereocenters. The Hall–Kier alpha value is -1.68. The molecule has 1 aromatic carbocycles. The zero-order valence-corrected chi connectivity index (χ0v) is 10.6. The molecule has 17 heavy (non-hydrogen) atoms. The molecule has 2 rings (SSSR count). The number of methoxy groups -OCH3 is 1. The van der Waals surface area contributed by atoms with E-state index in [1.807, 2.05) is 12.3 Å². The fourth-order valence-electron chi connectivity index (χ4n) is 1.50. The average Bonchev–Trinajstić information content (AvgIpc) is 2.75. The van der Waals surface area contributed by atoms with Crippen molar-refractivity contribution in [2.24, 2.45) is 0 Å². The maximum absolute atomic E-state index is 11.9. The van der Waals surface area contributed by atoms with Crippen LogP contribution in [0.25, 0.3) is 0 Å². The van der Waals surface area contributed by atoms with Crippen LogP contribution in [0.2, 0.25) is 0 Å². The van der Waals surface area contributed by atoms with E-state index in [0.717, 1.165) is 16.5 Å². The second-order valence-electron chi connectivity index (χ2n) is 3.71. The van der Waals surface area contributed by atoms with Crippen molar-refractivity contribution >= 4 is 17.1 Å². The lowest BCUT2D eigenvalue weighted by Gasteiger charge is -2.01. The van der Waals surface area contributed by atoms with Crippen molar-refractivity contribution in [2.75, 3.05) is 7.11 Å². The molecule has 0 bridgehead atoms. The van der Waals surface area contributed by atoms with Gasteiger partial charge >= 0.3 is 0 Å². The van der Waals surface area contributed by atoms with E-state index in [9.17, 15) is 4.79 Å². The Morgan fingerprint density at radius 1 is 1.35 bits per heavy atom. The number of rotatable bonds is 4. The smallest absolute Gasteiger partial charge is 0.169 e. The molecule has 0 fully saturated rings. The van der Waals surface area contributed by atoms with Crippen molar-refractivity contribution in [3.63, 3.8) is 0 Å². The van der Waals surface area contributed by atoms with Crippen LogP contribution in [0, 0.1) is 6.92 Å². The Morgan fingerprint density at radius 3 is 2.59 bits per heavy atom. The number of ketones is 1. The van der Waals surface area contributed by atoms with Crippen molar-refractivity contribution in [2.45, 2.75) is 13.3 Å². The van der Waals surface area contributed by atoms with Gasteiger partial charge < -0.3 is 4.74 Å². The van der Waals surface area contributed by atoms with Crippen LogP contribution in [0.3, 0.4) is 0 Å². The van der Waals surface area contributed by atoms with Crippen molar-refractivity contribution < 1.29 is 9.53 Å². The van der Waals surface area contributed by atoms with Gasteiger partial charge in [0.1, 0.15) is 10.8 Å². The summed E-state index contributed by atoms with van der Waals surface area (Å²) < 4.78 is 5.05. The number of carbonyl (C=O) groups is 1. The molecule has 88 valence electrons. The van der Waals surface area contributed by atoms with E-state index in [4.69, 9.17) is 4.74 Å². The number of hydrogen-bond donors (Lipinski definition) is 0. The van der Waals surface area contributed by atoms with Gasteiger partial charge in [0.2, 0.25) is 0 Å². The van der Waals surface area contributed by atoms with Crippen LogP contribution >= 0.6 is 11.3 Å². The van der Waals surface area contributed by atoms with Crippen LogP contribution in [-0.2, 0) is 6.42 Å². The molecule has 0 radical (unpaired) electrons. The number of nitrogens with zero attached hydrogens (tertiary/aromatic N) is 1. The summed E-state index contributed by atoms with van der Waals surface area (Å²) in [7, 11) is 1.61. The quantitative estimate of drug-likeness (QED) is 0.780. The number of aryl methyl sites for hydroxylation is 1. The lowest BCUT2D eigenvalue weighted by molar-refractivity contribution is 0.0993. The number of aromatic nitrogens is 1. The third-order valence-electron chi connectivity index (χ3n) is 2.39. The predicted octanol–water partition coefficient (Wildman–Crippen LogP) is 2.89. The SMILES string of the molecule is COc1ccc(C(=O)Cc2nc(C)cs2)cc1. The van der Waals surface area contributed by atoms with Gasteiger partial charge in [0.05, 0.1) is 13.5 Å². The Bertz CT molecular complexity index is 516. The van der Waals surface area contributed by atoms with Gasteiger partial charge in [-0.05, 0) is 31.2 Å². The molecule has 0 aliphatic rings. The number of ether oxygens (including phenoxy) is 1. The summed E-state index contributed by atoms with van der Waals surface area (Å²) in [6.45, 7) is 1.93. The second kappa shape index (κ2) is 5.10. The van der Waals surface area contributed by atoms with Crippen LogP contribution in [0.15, 0.2) is 29.6 Å². The molecule has 4 heteroatoms. The molecule has 0 aliphatic carbocycles. The van der Waals surface area contributed by atoms with E-state index in [0.29, 0.717) is 12.0 Å². The van der Waals surface area contributed by atoms with Crippen LogP contribution in [0.4, 0.5) is 0 Å². The fourth-order valence-corrected chi connectivity index (χ4v) is 2.27. The maximum atomic E-state index is 11.9. The highest BCUT2D eigenvalue weighted by Gasteiger charge is 2.09. The number of hydrogen-bond acceptors (Lipinski definition) is 4. The zero-order valence-electron chi connectivity index (χ0n) is 9.77. The summed E-state index contributed by atoms with van der Waals surface area (Å²) in [5.41, 5.74) is 1.66. The van der Waals surface area contributed by atoms with Gasteiger partial charge in [-0.1, -0.05) is 0 Å². The lowest BCUT2D eigenvalue weighted by atomic mass is 10.1. The highest BCUT2D eigenvalue weighted by atomic mass is 32.1. The van der Waals surface area contributed by atoms with Gasteiger partial charge in [-0.25, -0.2) is 4.98 Å². The van der Waals surface area contributed by atoms with Gasteiger partial charge in [0, 0.05) is 16.6 Å². The summed E-state index contributed by atoms with van der Waals surface area (Å²) in [5.74, 6) is 0.841. The molecule has 0 N–H and O–H groups in total. The van der Waals surface area contributed by atoms with E-state index >= 15 is 0 Å². The van der Waals surface area contributed by atoms with Crippen molar-refractivity contribution in [1.29, 1.82) is 0 Å². The molecule has 1 heterocycles. The number of benzene rings is 1. The Labute approximate surface area is 104 Å². The molecule has 0 aliphatic heterocycles. The van der Waals surface area contributed by atoms with Gasteiger partial charge in [0.25, 0.3) is 0 Å². The molecule has 0 saturated carbocycles. The van der Waals surface area contributed by atoms with Crippen molar-refractivity contribution in [3.05, 3.63) is 45.9 Å². The largest absolute Gasteiger partial charge is 0.497 e.